The summed E-state index contributed by atoms with van der Waals surface area (Å²) in [7, 11) is 1.54. The minimum absolute atomic E-state index is 0.136. The Morgan fingerprint density at radius 1 is 1.00 bits per heavy atom. The predicted molar refractivity (Wildman–Crippen MR) is 113 cm³/mol. The van der Waals surface area contributed by atoms with Crippen molar-refractivity contribution in [3.8, 4) is 11.5 Å². The molecule has 0 aliphatic carbocycles. The summed E-state index contributed by atoms with van der Waals surface area (Å²) in [6.45, 7) is 1.66. The van der Waals surface area contributed by atoms with Crippen LogP contribution in [0.25, 0.3) is 21.7 Å². The van der Waals surface area contributed by atoms with Crippen molar-refractivity contribution in [1.82, 2.24) is 0 Å². The molecule has 0 atom stereocenters. The van der Waals surface area contributed by atoms with Crippen LogP contribution in [0.5, 0.6) is 11.5 Å². The average molecular weight is 409 g/mol. The monoisotopic (exact) mass is 408 g/mol. The first-order valence-electron chi connectivity index (χ1n) is 8.93. The van der Waals surface area contributed by atoms with Crippen molar-refractivity contribution in [1.29, 1.82) is 0 Å². The second-order valence-corrected chi connectivity index (χ2v) is 7.02. The average Bonchev–Trinajstić information content (AvgIpc) is 2.74. The standard InChI is InChI=1S/C23H17ClO5/c1-13-21(28-12-20(25)14-3-5-15(24)6-4-14)10-9-18-17-8-7-16(27-2)11-19(17)23(26)29-22(13)18/h3-11H,12H2,1-2H3. The van der Waals surface area contributed by atoms with E-state index in [1.54, 1.807) is 56.5 Å². The molecule has 0 amide bonds. The lowest BCUT2D eigenvalue weighted by molar-refractivity contribution is 0.0921. The molecule has 0 unspecified atom stereocenters. The number of benzene rings is 3. The smallest absolute Gasteiger partial charge is 0.344 e. The van der Waals surface area contributed by atoms with Gasteiger partial charge in [-0.2, -0.15) is 0 Å². The first-order valence-corrected chi connectivity index (χ1v) is 9.31. The number of carbonyl (C=O) groups excluding carboxylic acids is 1. The topological polar surface area (TPSA) is 65.7 Å². The highest BCUT2D eigenvalue weighted by Crippen LogP contribution is 2.32. The fourth-order valence-electron chi connectivity index (χ4n) is 3.24. The Labute approximate surface area is 171 Å². The van der Waals surface area contributed by atoms with E-state index in [0.29, 0.717) is 38.6 Å². The third-order valence-corrected chi connectivity index (χ3v) is 5.06. The molecule has 6 heteroatoms. The van der Waals surface area contributed by atoms with Crippen LogP contribution in [0.2, 0.25) is 5.02 Å². The number of hydrogen-bond donors (Lipinski definition) is 0. The van der Waals surface area contributed by atoms with E-state index in [-0.39, 0.29) is 12.4 Å². The molecule has 0 bridgehead atoms. The summed E-state index contributed by atoms with van der Waals surface area (Å²) in [5.74, 6) is 0.894. The van der Waals surface area contributed by atoms with Gasteiger partial charge < -0.3 is 13.9 Å². The maximum atomic E-state index is 12.5. The Hall–Kier alpha value is -3.31. The summed E-state index contributed by atoms with van der Waals surface area (Å²) in [6.07, 6.45) is 0. The number of halogens is 1. The number of carbonyl (C=O) groups is 1. The Bertz CT molecular complexity index is 1290. The molecule has 0 radical (unpaired) electrons. The molecule has 29 heavy (non-hydrogen) atoms. The summed E-state index contributed by atoms with van der Waals surface area (Å²) in [5.41, 5.74) is 1.15. The van der Waals surface area contributed by atoms with Crippen LogP contribution in [0.3, 0.4) is 0 Å². The van der Waals surface area contributed by atoms with Crippen LogP contribution in [-0.2, 0) is 0 Å². The van der Waals surface area contributed by atoms with Crippen LogP contribution in [-0.4, -0.2) is 19.5 Å². The maximum absolute atomic E-state index is 12.5. The fraction of sp³-hybridized carbons (Fsp3) is 0.130. The fourth-order valence-corrected chi connectivity index (χ4v) is 3.36. The van der Waals surface area contributed by atoms with Crippen molar-refractivity contribution in [2.45, 2.75) is 6.92 Å². The number of aryl methyl sites for hydroxylation is 1. The zero-order valence-corrected chi connectivity index (χ0v) is 16.6. The van der Waals surface area contributed by atoms with Crippen molar-refractivity contribution in [2.24, 2.45) is 0 Å². The molecule has 0 saturated heterocycles. The largest absolute Gasteiger partial charge is 0.497 e. The molecule has 4 aromatic rings. The number of ether oxygens (including phenoxy) is 2. The Morgan fingerprint density at radius 2 is 1.72 bits per heavy atom. The molecule has 0 aliphatic heterocycles. The molecule has 0 aliphatic rings. The van der Waals surface area contributed by atoms with Gasteiger partial charge in [0.05, 0.1) is 12.5 Å². The molecule has 0 fully saturated rings. The summed E-state index contributed by atoms with van der Waals surface area (Å²) < 4.78 is 16.5. The summed E-state index contributed by atoms with van der Waals surface area (Å²) >= 11 is 5.85. The zero-order chi connectivity index (χ0) is 20.5. The van der Waals surface area contributed by atoms with Gasteiger partial charge in [-0.15, -0.1) is 0 Å². The van der Waals surface area contributed by atoms with Crippen molar-refractivity contribution >= 4 is 39.1 Å². The van der Waals surface area contributed by atoms with Gasteiger partial charge in [0.25, 0.3) is 0 Å². The van der Waals surface area contributed by atoms with Crippen molar-refractivity contribution in [3.05, 3.63) is 81.2 Å². The van der Waals surface area contributed by atoms with Gasteiger partial charge in [0.1, 0.15) is 17.1 Å². The summed E-state index contributed by atoms with van der Waals surface area (Å²) in [5, 5.41) is 2.57. The van der Waals surface area contributed by atoms with Gasteiger partial charge in [-0.25, -0.2) is 4.79 Å². The van der Waals surface area contributed by atoms with E-state index in [2.05, 4.69) is 0 Å². The third-order valence-electron chi connectivity index (χ3n) is 4.81. The van der Waals surface area contributed by atoms with Gasteiger partial charge in [-0.3, -0.25) is 4.79 Å². The molecular formula is C23H17ClO5. The molecule has 1 heterocycles. The molecule has 4 rings (SSSR count). The van der Waals surface area contributed by atoms with E-state index in [1.165, 1.54) is 0 Å². The van der Waals surface area contributed by atoms with Crippen LogP contribution in [0, 0.1) is 6.92 Å². The molecule has 5 nitrogen and oxygen atoms in total. The van der Waals surface area contributed by atoms with E-state index in [9.17, 15) is 9.59 Å². The SMILES string of the molecule is COc1ccc2c(c1)c(=O)oc1c(C)c(OCC(=O)c3ccc(Cl)cc3)ccc12. The number of hydrogen-bond acceptors (Lipinski definition) is 5. The second kappa shape index (κ2) is 7.60. The molecular weight excluding hydrogens is 392 g/mol. The van der Waals surface area contributed by atoms with Gasteiger partial charge in [-0.1, -0.05) is 11.6 Å². The Kier molecular flexibility index (Phi) is 4.99. The molecule has 0 saturated carbocycles. The van der Waals surface area contributed by atoms with Crippen molar-refractivity contribution in [3.63, 3.8) is 0 Å². The highest BCUT2D eigenvalue weighted by atomic mass is 35.5. The number of methoxy groups -OCH3 is 1. The molecule has 0 spiro atoms. The third kappa shape index (κ3) is 3.57. The van der Waals surface area contributed by atoms with E-state index < -0.39 is 5.63 Å². The lowest BCUT2D eigenvalue weighted by Gasteiger charge is -2.12. The van der Waals surface area contributed by atoms with Crippen LogP contribution in [0.15, 0.2) is 63.8 Å². The molecule has 146 valence electrons. The number of ketones is 1. The van der Waals surface area contributed by atoms with Crippen LogP contribution >= 0.6 is 11.6 Å². The Balaban J connectivity index is 1.69. The maximum Gasteiger partial charge on any atom is 0.344 e. The quantitative estimate of drug-likeness (QED) is 0.258. The van der Waals surface area contributed by atoms with Crippen LogP contribution in [0.1, 0.15) is 15.9 Å². The first kappa shape index (κ1) is 19.0. The minimum atomic E-state index is -0.455. The highest BCUT2D eigenvalue weighted by Gasteiger charge is 2.15. The van der Waals surface area contributed by atoms with E-state index >= 15 is 0 Å². The van der Waals surface area contributed by atoms with Gasteiger partial charge in [-0.05, 0) is 61.5 Å². The van der Waals surface area contributed by atoms with Crippen molar-refractivity contribution in [2.75, 3.05) is 13.7 Å². The van der Waals surface area contributed by atoms with Gasteiger partial charge in [0.2, 0.25) is 0 Å². The van der Waals surface area contributed by atoms with Gasteiger partial charge >= 0.3 is 5.63 Å². The van der Waals surface area contributed by atoms with Crippen LogP contribution < -0.4 is 15.1 Å². The second-order valence-electron chi connectivity index (χ2n) is 6.59. The highest BCUT2D eigenvalue weighted by molar-refractivity contribution is 6.30. The summed E-state index contributed by atoms with van der Waals surface area (Å²) in [4.78, 5) is 24.8. The molecule has 3 aromatic carbocycles. The van der Waals surface area contributed by atoms with Crippen LogP contribution in [0.4, 0.5) is 0 Å². The lowest BCUT2D eigenvalue weighted by atomic mass is 10.0. The van der Waals surface area contributed by atoms with Crippen molar-refractivity contribution < 1.29 is 18.7 Å². The number of rotatable bonds is 5. The zero-order valence-electron chi connectivity index (χ0n) is 15.8. The molecule has 0 N–H and O–H groups in total. The van der Waals surface area contributed by atoms with E-state index in [0.717, 1.165) is 10.8 Å². The predicted octanol–water partition coefficient (Wildman–Crippen LogP) is 5.18. The van der Waals surface area contributed by atoms with Gasteiger partial charge in [0.15, 0.2) is 12.4 Å². The van der Waals surface area contributed by atoms with E-state index in [1.807, 2.05) is 12.1 Å². The van der Waals surface area contributed by atoms with E-state index in [4.69, 9.17) is 25.5 Å². The number of fused-ring (bicyclic) bond motifs is 3. The number of Topliss-reactive ketones (excluding diaryl/α,β-unsaturated/α-hetero) is 1. The summed E-state index contributed by atoms with van der Waals surface area (Å²) in [6, 6.07) is 15.5. The molecule has 1 aromatic heterocycles. The minimum Gasteiger partial charge on any atom is -0.497 e. The lowest BCUT2D eigenvalue weighted by Crippen LogP contribution is -2.12. The normalized spacial score (nSPS) is 11.0. The Morgan fingerprint density at radius 3 is 2.45 bits per heavy atom. The first-order chi connectivity index (χ1) is 14.0. The van der Waals surface area contributed by atoms with Gasteiger partial charge in [0, 0.05) is 26.9 Å².